The van der Waals surface area contributed by atoms with Crippen LogP contribution in [-0.2, 0) is 0 Å². The summed E-state index contributed by atoms with van der Waals surface area (Å²) in [5.41, 5.74) is 6.12. The normalized spacial score (nSPS) is 8.73. The number of benzene rings is 2. The molecule has 0 fully saturated rings. The van der Waals surface area contributed by atoms with Crippen molar-refractivity contribution in [3.8, 4) is 29.8 Å². The predicted molar refractivity (Wildman–Crippen MR) is 93.2 cm³/mol. The van der Waals surface area contributed by atoms with Gasteiger partial charge in [0.05, 0.1) is 0 Å². The molecule has 0 N–H and O–H groups in total. The van der Waals surface area contributed by atoms with Crippen molar-refractivity contribution >= 4 is 0 Å². The van der Waals surface area contributed by atoms with Gasteiger partial charge in [-0.2, -0.15) is 0 Å². The van der Waals surface area contributed by atoms with Crippen LogP contribution in [-0.4, -0.2) is 7.05 Å². The van der Waals surface area contributed by atoms with E-state index in [1.807, 2.05) is 38.1 Å². The molecule has 0 spiro atoms. The Morgan fingerprint density at radius 3 is 1.82 bits per heavy atom. The zero-order valence-electron chi connectivity index (χ0n) is 13.4. The molecular formula is C21H18N+. The highest BCUT2D eigenvalue weighted by atomic mass is 14.6. The molecule has 0 unspecified atom stereocenters. The van der Waals surface area contributed by atoms with Gasteiger partial charge in [-0.05, 0) is 56.2 Å². The highest BCUT2D eigenvalue weighted by Crippen LogP contribution is 2.12. The van der Waals surface area contributed by atoms with Crippen LogP contribution in [0.15, 0.2) is 36.4 Å². The second-order valence-corrected chi connectivity index (χ2v) is 5.06. The van der Waals surface area contributed by atoms with Gasteiger partial charge in [-0.1, -0.05) is 34.7 Å². The molecular weight excluding hydrogens is 266 g/mol. The first-order valence-corrected chi connectivity index (χ1v) is 7.15. The Kier molecular flexibility index (Phi) is 5.03. The number of nitrogens with zero attached hydrogens (tertiary/aromatic N) is 1. The molecule has 0 aliphatic carbocycles. The molecule has 0 radical (unpaired) electrons. The van der Waals surface area contributed by atoms with E-state index in [4.69, 9.17) is 0 Å². The fourth-order valence-electron chi connectivity index (χ4n) is 2.12. The highest BCUT2D eigenvalue weighted by Gasteiger charge is 2.03. The summed E-state index contributed by atoms with van der Waals surface area (Å²) >= 11 is 0. The number of aryl methyl sites for hydroxylation is 2. The Morgan fingerprint density at radius 1 is 0.727 bits per heavy atom. The van der Waals surface area contributed by atoms with Crippen LogP contribution >= 0.6 is 0 Å². The molecule has 0 bridgehead atoms. The van der Waals surface area contributed by atoms with Crippen molar-refractivity contribution in [3.05, 3.63) is 74.6 Å². The van der Waals surface area contributed by atoms with Crippen LogP contribution in [0.1, 0.15) is 40.3 Å². The summed E-state index contributed by atoms with van der Waals surface area (Å²) in [6.07, 6.45) is 0. The van der Waals surface area contributed by atoms with Crippen LogP contribution in [0.5, 0.6) is 0 Å². The van der Waals surface area contributed by atoms with Crippen LogP contribution in [0.25, 0.3) is 4.85 Å². The van der Waals surface area contributed by atoms with Crippen molar-refractivity contribution in [2.45, 2.75) is 20.8 Å². The van der Waals surface area contributed by atoms with Crippen LogP contribution in [0.4, 0.5) is 0 Å². The van der Waals surface area contributed by atoms with Gasteiger partial charge < -0.3 is 0 Å². The van der Waals surface area contributed by atoms with Crippen molar-refractivity contribution < 1.29 is 0 Å². The molecule has 0 aliphatic rings. The van der Waals surface area contributed by atoms with E-state index in [1.54, 1.807) is 7.05 Å². The summed E-state index contributed by atoms with van der Waals surface area (Å²) in [4.78, 5) is 3.98. The number of hydrogen-bond acceptors (Lipinski definition) is 0. The average molecular weight is 284 g/mol. The number of rotatable bonds is 0. The van der Waals surface area contributed by atoms with E-state index in [2.05, 4.69) is 53.7 Å². The Bertz CT molecular complexity index is 811. The van der Waals surface area contributed by atoms with Crippen LogP contribution in [0.2, 0.25) is 0 Å². The molecule has 106 valence electrons. The fourth-order valence-corrected chi connectivity index (χ4v) is 2.12. The lowest BCUT2D eigenvalue weighted by Gasteiger charge is -1.99. The topological polar surface area (TPSA) is 4.36 Å². The van der Waals surface area contributed by atoms with E-state index in [0.717, 1.165) is 22.3 Å². The summed E-state index contributed by atoms with van der Waals surface area (Å²) in [5, 5.41) is 0. The highest BCUT2D eigenvalue weighted by molar-refractivity contribution is 5.56. The average Bonchev–Trinajstić information content (AvgIpc) is 2.49. The van der Waals surface area contributed by atoms with E-state index in [-0.39, 0.29) is 0 Å². The van der Waals surface area contributed by atoms with Crippen molar-refractivity contribution in [1.82, 2.24) is 0 Å². The standard InChI is InChI=1S/C21H18N/c1-5-6-20-13-16(2)7-9-18(20)11-12-19-10-8-17(3)14-21(19)15-22-4/h7-10,13-14H,1-4H3/q+1. The molecule has 2 aromatic carbocycles. The third kappa shape index (κ3) is 3.79. The third-order valence-corrected chi connectivity index (χ3v) is 3.17. The second kappa shape index (κ2) is 7.17. The molecule has 0 saturated carbocycles. The van der Waals surface area contributed by atoms with Crippen molar-refractivity contribution in [2.24, 2.45) is 0 Å². The maximum absolute atomic E-state index is 3.98. The minimum Gasteiger partial charge on any atom is -0.101 e. The molecule has 0 aliphatic heterocycles. The second-order valence-electron chi connectivity index (χ2n) is 5.06. The Balaban J connectivity index is 2.50. The first kappa shape index (κ1) is 15.4. The van der Waals surface area contributed by atoms with E-state index in [1.165, 1.54) is 11.1 Å². The minimum atomic E-state index is 0.922. The number of hydrogen-bond donors (Lipinski definition) is 0. The van der Waals surface area contributed by atoms with Crippen molar-refractivity contribution in [2.75, 3.05) is 7.05 Å². The van der Waals surface area contributed by atoms with E-state index < -0.39 is 0 Å². The lowest BCUT2D eigenvalue weighted by molar-refractivity contribution is 1.43. The Hall–Kier alpha value is -2.95. The first-order chi connectivity index (χ1) is 10.6. The molecule has 0 heterocycles. The zero-order valence-corrected chi connectivity index (χ0v) is 13.4. The van der Waals surface area contributed by atoms with Gasteiger partial charge in [-0.25, -0.2) is 0 Å². The minimum absolute atomic E-state index is 0.922. The lowest BCUT2D eigenvalue weighted by Crippen LogP contribution is -1.88. The SMILES string of the molecule is CC#Cc1cc(C)ccc1C#Cc1ccc(C)cc1C#[N+]C. The van der Waals surface area contributed by atoms with E-state index >= 15 is 0 Å². The summed E-state index contributed by atoms with van der Waals surface area (Å²) in [6.45, 7) is 5.94. The largest absolute Gasteiger partial charge is 0.311 e. The van der Waals surface area contributed by atoms with Gasteiger partial charge in [0.25, 0.3) is 7.05 Å². The van der Waals surface area contributed by atoms with Gasteiger partial charge in [0.15, 0.2) is 0 Å². The molecule has 2 aromatic rings. The van der Waals surface area contributed by atoms with Gasteiger partial charge in [-0.3, -0.25) is 0 Å². The summed E-state index contributed by atoms with van der Waals surface area (Å²) in [5.74, 6) is 12.5. The quantitative estimate of drug-likeness (QED) is 0.632. The van der Waals surface area contributed by atoms with Gasteiger partial charge >= 0.3 is 6.07 Å². The van der Waals surface area contributed by atoms with Gasteiger partial charge in [0.1, 0.15) is 5.56 Å². The molecule has 0 atom stereocenters. The van der Waals surface area contributed by atoms with Gasteiger partial charge in [0, 0.05) is 16.7 Å². The maximum atomic E-state index is 3.98. The van der Waals surface area contributed by atoms with E-state index in [0.29, 0.717) is 0 Å². The van der Waals surface area contributed by atoms with Crippen LogP contribution in [0, 0.1) is 43.6 Å². The Labute approximate surface area is 132 Å². The zero-order chi connectivity index (χ0) is 15.9. The predicted octanol–water partition coefficient (Wildman–Crippen LogP) is 4.39. The van der Waals surface area contributed by atoms with Crippen molar-refractivity contribution in [3.63, 3.8) is 0 Å². The summed E-state index contributed by atoms with van der Waals surface area (Å²) in [7, 11) is 1.72. The molecule has 1 heteroatoms. The molecule has 0 aromatic heterocycles. The van der Waals surface area contributed by atoms with Gasteiger partial charge in [0.2, 0.25) is 0 Å². The fraction of sp³-hybridized carbons (Fsp3) is 0.190. The summed E-state index contributed by atoms with van der Waals surface area (Å²) < 4.78 is 0. The van der Waals surface area contributed by atoms with E-state index in [9.17, 15) is 0 Å². The molecule has 1 nitrogen and oxygen atoms in total. The molecule has 0 amide bonds. The smallest absolute Gasteiger partial charge is 0.101 e. The monoisotopic (exact) mass is 284 g/mol. The van der Waals surface area contributed by atoms with Crippen LogP contribution < -0.4 is 0 Å². The third-order valence-electron chi connectivity index (χ3n) is 3.17. The van der Waals surface area contributed by atoms with Crippen LogP contribution in [0.3, 0.4) is 0 Å². The Morgan fingerprint density at radius 2 is 1.27 bits per heavy atom. The lowest BCUT2D eigenvalue weighted by atomic mass is 10.0. The molecule has 0 saturated heterocycles. The maximum Gasteiger partial charge on any atom is 0.311 e. The molecule has 22 heavy (non-hydrogen) atoms. The molecule has 2 rings (SSSR count). The first-order valence-electron chi connectivity index (χ1n) is 7.15. The van der Waals surface area contributed by atoms with Gasteiger partial charge in [-0.15, -0.1) is 5.92 Å². The summed E-state index contributed by atoms with van der Waals surface area (Å²) in [6, 6.07) is 15.2. The van der Waals surface area contributed by atoms with Crippen molar-refractivity contribution in [1.29, 1.82) is 0 Å².